The number of aryl methyl sites for hydroxylation is 1. The van der Waals surface area contributed by atoms with Crippen LogP contribution in [-0.2, 0) is 22.4 Å². The monoisotopic (exact) mass is 464 g/mol. The van der Waals surface area contributed by atoms with Crippen LogP contribution in [0.15, 0.2) is 6.07 Å². The van der Waals surface area contributed by atoms with Gasteiger partial charge in [-0.1, -0.05) is 38.5 Å². The van der Waals surface area contributed by atoms with Gasteiger partial charge in [0.1, 0.15) is 0 Å². The summed E-state index contributed by atoms with van der Waals surface area (Å²) in [4.78, 5) is 22.4. The molecule has 1 saturated carbocycles. The van der Waals surface area contributed by atoms with Crippen molar-refractivity contribution in [1.82, 2.24) is 0 Å². The van der Waals surface area contributed by atoms with Crippen molar-refractivity contribution in [2.24, 2.45) is 10.8 Å². The van der Waals surface area contributed by atoms with E-state index in [0.717, 1.165) is 76.2 Å². The van der Waals surface area contributed by atoms with Crippen molar-refractivity contribution in [1.29, 1.82) is 0 Å². The first-order valence-electron chi connectivity index (χ1n) is 12.2. The van der Waals surface area contributed by atoms with Gasteiger partial charge in [-0.25, -0.2) is 0 Å². The van der Waals surface area contributed by atoms with Crippen LogP contribution < -0.4 is 0 Å². The molecule has 1 aromatic rings. The number of carboxylic acids is 2. The second-order valence-electron chi connectivity index (χ2n) is 10.3. The molecule has 0 heterocycles. The highest BCUT2D eigenvalue weighted by molar-refractivity contribution is 5.77. The predicted molar refractivity (Wildman–Crippen MR) is 126 cm³/mol. The average molecular weight is 465 g/mol. The van der Waals surface area contributed by atoms with E-state index >= 15 is 0 Å². The second kappa shape index (κ2) is 11.6. The van der Waals surface area contributed by atoms with Gasteiger partial charge in [0.15, 0.2) is 11.5 Å². The Kier molecular flexibility index (Phi) is 9.44. The summed E-state index contributed by atoms with van der Waals surface area (Å²) in [7, 11) is 0. The lowest BCUT2D eigenvalue weighted by Gasteiger charge is -2.18. The zero-order chi connectivity index (χ0) is 24.6. The molecular formula is C26H40O7. The predicted octanol–water partition coefficient (Wildman–Crippen LogP) is 5.77. The van der Waals surface area contributed by atoms with Gasteiger partial charge >= 0.3 is 11.9 Å². The molecule has 1 aromatic carbocycles. The van der Waals surface area contributed by atoms with Crippen molar-refractivity contribution in [2.75, 3.05) is 0 Å². The molecule has 7 nitrogen and oxygen atoms in total. The number of phenols is 3. The summed E-state index contributed by atoms with van der Waals surface area (Å²) in [6.45, 7) is 3.47. The Hall–Kier alpha value is -2.44. The molecule has 0 spiro atoms. The quantitative estimate of drug-likeness (QED) is 0.155. The molecule has 0 aliphatic heterocycles. The molecule has 0 saturated heterocycles. The maximum atomic E-state index is 11.2. The van der Waals surface area contributed by atoms with E-state index in [1.807, 2.05) is 0 Å². The van der Waals surface area contributed by atoms with E-state index in [9.17, 15) is 35.1 Å². The number of unbranched alkanes of at least 4 members (excludes halogenated alkanes) is 6. The smallest absolute Gasteiger partial charge is 0.309 e. The molecule has 7 heteroatoms. The van der Waals surface area contributed by atoms with Crippen molar-refractivity contribution in [3.05, 3.63) is 17.2 Å². The van der Waals surface area contributed by atoms with Crippen LogP contribution in [0.3, 0.4) is 0 Å². The van der Waals surface area contributed by atoms with Gasteiger partial charge in [0.2, 0.25) is 5.75 Å². The SMILES string of the molecule is CC(C)(CCCCCCc1cc(O)c(O)c(O)c1CCCCCCC1(C(=O)O)CC1)C(=O)O. The molecule has 2 rings (SSSR count). The lowest BCUT2D eigenvalue weighted by atomic mass is 9.87. The van der Waals surface area contributed by atoms with Crippen LogP contribution in [-0.4, -0.2) is 37.5 Å². The Morgan fingerprint density at radius 3 is 2.00 bits per heavy atom. The van der Waals surface area contributed by atoms with Gasteiger partial charge in [0.25, 0.3) is 0 Å². The molecule has 1 aliphatic rings. The van der Waals surface area contributed by atoms with Gasteiger partial charge in [-0.05, 0) is 76.8 Å². The van der Waals surface area contributed by atoms with Crippen molar-refractivity contribution in [2.45, 2.75) is 104 Å². The van der Waals surface area contributed by atoms with E-state index in [1.165, 1.54) is 6.07 Å². The van der Waals surface area contributed by atoms with Gasteiger partial charge in [-0.15, -0.1) is 0 Å². The molecule has 0 radical (unpaired) electrons. The summed E-state index contributed by atoms with van der Waals surface area (Å²) in [6.07, 6.45) is 11.2. The first kappa shape index (κ1) is 26.8. The number of hydrogen-bond acceptors (Lipinski definition) is 5. The van der Waals surface area contributed by atoms with E-state index in [4.69, 9.17) is 0 Å². The molecule has 0 aromatic heterocycles. The molecule has 0 atom stereocenters. The number of carboxylic acid groups (broad SMARTS) is 2. The molecule has 33 heavy (non-hydrogen) atoms. The van der Waals surface area contributed by atoms with Crippen LogP contribution in [0, 0.1) is 10.8 Å². The lowest BCUT2D eigenvalue weighted by molar-refractivity contribution is -0.147. The molecule has 0 amide bonds. The molecule has 1 fully saturated rings. The highest BCUT2D eigenvalue weighted by Crippen LogP contribution is 2.50. The molecule has 186 valence electrons. The van der Waals surface area contributed by atoms with Crippen molar-refractivity contribution < 1.29 is 35.1 Å². The minimum absolute atomic E-state index is 0.254. The Bertz CT molecular complexity index is 824. The highest BCUT2D eigenvalue weighted by Gasteiger charge is 2.49. The van der Waals surface area contributed by atoms with Crippen LogP contribution in [0.5, 0.6) is 17.2 Å². The van der Waals surface area contributed by atoms with Crippen molar-refractivity contribution in [3.8, 4) is 17.2 Å². The highest BCUT2D eigenvalue weighted by atomic mass is 16.4. The Morgan fingerprint density at radius 1 is 0.848 bits per heavy atom. The van der Waals surface area contributed by atoms with Gasteiger partial charge in [-0.3, -0.25) is 9.59 Å². The summed E-state index contributed by atoms with van der Waals surface area (Å²) in [5.41, 5.74) is 0.310. The standard InChI is InChI=1S/C26H40O7/c1-25(2,23(30)31)13-9-5-3-7-11-18-17-20(27)22(29)21(28)19(18)12-8-4-6-10-14-26(15-16-26)24(32)33/h17,27-29H,3-16H2,1-2H3,(H,30,31)(H,32,33). The third kappa shape index (κ3) is 7.54. The summed E-state index contributed by atoms with van der Waals surface area (Å²) in [5.74, 6) is -2.52. The molecule has 5 N–H and O–H groups in total. The van der Waals surface area contributed by atoms with Crippen LogP contribution >= 0.6 is 0 Å². The summed E-state index contributed by atoms with van der Waals surface area (Å²) in [5, 5.41) is 48.7. The van der Waals surface area contributed by atoms with E-state index in [-0.39, 0.29) is 11.5 Å². The lowest BCUT2D eigenvalue weighted by Crippen LogP contribution is -2.23. The minimum Gasteiger partial charge on any atom is -0.504 e. The summed E-state index contributed by atoms with van der Waals surface area (Å²) < 4.78 is 0. The van der Waals surface area contributed by atoms with E-state index < -0.39 is 28.5 Å². The average Bonchev–Trinajstić information content (AvgIpc) is 3.54. The second-order valence-corrected chi connectivity index (χ2v) is 10.3. The fourth-order valence-corrected chi connectivity index (χ4v) is 4.42. The van der Waals surface area contributed by atoms with Gasteiger partial charge < -0.3 is 25.5 Å². The Balaban J connectivity index is 1.78. The van der Waals surface area contributed by atoms with Gasteiger partial charge in [0, 0.05) is 5.56 Å². The fourth-order valence-electron chi connectivity index (χ4n) is 4.42. The van der Waals surface area contributed by atoms with E-state index in [0.29, 0.717) is 24.8 Å². The van der Waals surface area contributed by atoms with Crippen LogP contribution in [0.25, 0.3) is 0 Å². The van der Waals surface area contributed by atoms with E-state index in [2.05, 4.69) is 0 Å². The van der Waals surface area contributed by atoms with E-state index in [1.54, 1.807) is 13.8 Å². The minimum atomic E-state index is -0.781. The van der Waals surface area contributed by atoms with Gasteiger partial charge in [-0.2, -0.15) is 0 Å². The maximum absolute atomic E-state index is 11.2. The number of hydrogen-bond donors (Lipinski definition) is 5. The maximum Gasteiger partial charge on any atom is 0.309 e. The third-order valence-corrected chi connectivity index (χ3v) is 7.17. The van der Waals surface area contributed by atoms with Crippen molar-refractivity contribution in [3.63, 3.8) is 0 Å². The number of aromatic hydroxyl groups is 3. The van der Waals surface area contributed by atoms with Crippen LogP contribution in [0.2, 0.25) is 0 Å². The summed E-state index contributed by atoms with van der Waals surface area (Å²) in [6, 6.07) is 1.53. The number of carbonyl (C=O) groups is 2. The number of phenolic OH excluding ortho intramolecular Hbond substituents is 3. The normalized spacial score (nSPS) is 14.8. The number of benzene rings is 1. The van der Waals surface area contributed by atoms with Gasteiger partial charge in [0.05, 0.1) is 10.8 Å². The Morgan fingerprint density at radius 2 is 1.42 bits per heavy atom. The first-order chi connectivity index (χ1) is 15.5. The summed E-state index contributed by atoms with van der Waals surface area (Å²) >= 11 is 0. The van der Waals surface area contributed by atoms with Crippen LogP contribution in [0.4, 0.5) is 0 Å². The zero-order valence-electron chi connectivity index (χ0n) is 20.0. The largest absolute Gasteiger partial charge is 0.504 e. The van der Waals surface area contributed by atoms with Crippen LogP contribution in [0.1, 0.15) is 102 Å². The Labute approximate surface area is 196 Å². The zero-order valence-corrected chi connectivity index (χ0v) is 20.0. The third-order valence-electron chi connectivity index (χ3n) is 7.17. The first-order valence-corrected chi connectivity index (χ1v) is 12.2. The molecule has 0 unspecified atom stereocenters. The topological polar surface area (TPSA) is 135 Å². The fraction of sp³-hybridized carbons (Fsp3) is 0.692. The molecule has 1 aliphatic carbocycles. The molecule has 0 bridgehead atoms. The van der Waals surface area contributed by atoms with Crippen molar-refractivity contribution >= 4 is 11.9 Å². The molecular weight excluding hydrogens is 424 g/mol. The number of rotatable bonds is 16. The number of aliphatic carboxylic acids is 2.